The van der Waals surface area contributed by atoms with Crippen molar-refractivity contribution >= 4 is 45.0 Å². The van der Waals surface area contributed by atoms with Gasteiger partial charge in [-0.2, -0.15) is 0 Å². The van der Waals surface area contributed by atoms with Crippen molar-refractivity contribution in [3.8, 4) is 0 Å². The number of nitrogens with zero attached hydrogens (tertiary/aromatic N) is 1. The summed E-state index contributed by atoms with van der Waals surface area (Å²) >= 11 is 15.2. The topological polar surface area (TPSA) is 29.5 Å². The first-order valence-electron chi connectivity index (χ1n) is 6.42. The highest BCUT2D eigenvalue weighted by Crippen LogP contribution is 2.23. The molecule has 1 aliphatic heterocycles. The van der Waals surface area contributed by atoms with Crippen molar-refractivity contribution in [1.29, 1.82) is 0 Å². The van der Waals surface area contributed by atoms with Crippen LogP contribution in [-0.4, -0.2) is 41.4 Å². The quantitative estimate of drug-likeness (QED) is 0.750. The van der Waals surface area contributed by atoms with E-state index < -0.39 is 0 Å². The zero-order valence-corrected chi connectivity index (χ0v) is 14.2. The van der Waals surface area contributed by atoms with Crippen LogP contribution in [0, 0.1) is 0 Å². The molecule has 0 saturated carbocycles. The van der Waals surface area contributed by atoms with Gasteiger partial charge in [-0.1, -0.05) is 45.2 Å². The van der Waals surface area contributed by atoms with Crippen LogP contribution in [0.1, 0.15) is 12.5 Å². The lowest BCUT2D eigenvalue weighted by Crippen LogP contribution is -2.50. The van der Waals surface area contributed by atoms with Gasteiger partial charge < -0.3 is 9.64 Å². The van der Waals surface area contributed by atoms with Gasteiger partial charge in [0.05, 0.1) is 28.7 Å². The Labute approximate surface area is 137 Å². The molecule has 2 rings (SSSR count). The first-order chi connectivity index (χ1) is 9.49. The minimum absolute atomic E-state index is 0.0523. The zero-order valence-electron chi connectivity index (χ0n) is 11.1. The van der Waals surface area contributed by atoms with Gasteiger partial charge in [-0.3, -0.25) is 4.79 Å². The summed E-state index contributed by atoms with van der Waals surface area (Å²) in [4.78, 5) is 14.2. The van der Waals surface area contributed by atoms with Crippen molar-refractivity contribution in [3.05, 3.63) is 33.8 Å². The first-order valence-corrected chi connectivity index (χ1v) is 8.30. The molecule has 1 aliphatic rings. The van der Waals surface area contributed by atoms with Crippen molar-refractivity contribution in [2.24, 2.45) is 0 Å². The second kappa shape index (κ2) is 7.12. The highest BCUT2D eigenvalue weighted by molar-refractivity contribution is 9.09. The van der Waals surface area contributed by atoms with E-state index in [-0.39, 0.29) is 18.1 Å². The van der Waals surface area contributed by atoms with E-state index in [0.717, 1.165) is 10.9 Å². The fourth-order valence-electron chi connectivity index (χ4n) is 2.27. The lowest BCUT2D eigenvalue weighted by molar-refractivity contribution is -0.142. The molecule has 2 atom stereocenters. The van der Waals surface area contributed by atoms with Gasteiger partial charge in [0.25, 0.3) is 0 Å². The molecule has 2 unspecified atom stereocenters. The third kappa shape index (κ3) is 4.10. The van der Waals surface area contributed by atoms with E-state index in [9.17, 15) is 4.79 Å². The summed E-state index contributed by atoms with van der Waals surface area (Å²) in [5.41, 5.74) is 0.874. The number of hydrogen-bond donors (Lipinski definition) is 0. The lowest BCUT2D eigenvalue weighted by atomic mass is 10.1. The van der Waals surface area contributed by atoms with Crippen LogP contribution in [0.25, 0.3) is 0 Å². The molecular formula is C14H16BrCl2NO2. The molecule has 6 heteroatoms. The molecule has 1 aromatic carbocycles. The van der Waals surface area contributed by atoms with Crippen molar-refractivity contribution in [3.63, 3.8) is 0 Å². The number of halogens is 3. The summed E-state index contributed by atoms with van der Waals surface area (Å²) in [5, 5.41) is 1.71. The number of ether oxygens (including phenoxy) is 1. The van der Waals surface area contributed by atoms with E-state index in [0.29, 0.717) is 29.6 Å². The Balaban J connectivity index is 2.01. The molecule has 1 fully saturated rings. The van der Waals surface area contributed by atoms with Gasteiger partial charge in [-0.05, 0) is 24.6 Å². The highest BCUT2D eigenvalue weighted by Gasteiger charge is 2.27. The molecule has 20 heavy (non-hydrogen) atoms. The van der Waals surface area contributed by atoms with Crippen molar-refractivity contribution in [2.45, 2.75) is 25.6 Å². The number of carbonyl (C=O) groups is 1. The summed E-state index contributed by atoms with van der Waals surface area (Å²) in [5.74, 6) is 0.0875. The SMILES string of the molecule is CC1CN(C(=O)Cc2ccc(Cl)c(Cl)c2)CC(CBr)O1. The van der Waals surface area contributed by atoms with Gasteiger partial charge in [0.1, 0.15) is 0 Å². The molecule has 1 heterocycles. The number of amides is 1. The van der Waals surface area contributed by atoms with Gasteiger partial charge in [0, 0.05) is 18.4 Å². The standard InChI is InChI=1S/C14H16BrCl2NO2/c1-9-7-18(8-11(6-15)20-9)14(19)5-10-2-3-12(16)13(17)4-10/h2-4,9,11H,5-8H2,1H3. The molecule has 0 bridgehead atoms. The molecule has 110 valence electrons. The Kier molecular flexibility index (Phi) is 5.73. The van der Waals surface area contributed by atoms with Crippen LogP contribution in [0.2, 0.25) is 10.0 Å². The lowest BCUT2D eigenvalue weighted by Gasteiger charge is -2.36. The predicted molar refractivity (Wildman–Crippen MR) is 84.9 cm³/mol. The zero-order chi connectivity index (χ0) is 14.7. The molecule has 0 aromatic heterocycles. The van der Waals surface area contributed by atoms with Gasteiger partial charge in [0.15, 0.2) is 0 Å². The van der Waals surface area contributed by atoms with Crippen LogP contribution >= 0.6 is 39.1 Å². The third-order valence-corrected chi connectivity index (χ3v) is 4.65. The van der Waals surface area contributed by atoms with Gasteiger partial charge >= 0.3 is 0 Å². The van der Waals surface area contributed by atoms with E-state index in [1.807, 2.05) is 17.9 Å². The minimum atomic E-state index is 0.0523. The molecule has 1 aromatic rings. The molecule has 0 aliphatic carbocycles. The number of alkyl halides is 1. The maximum atomic E-state index is 12.3. The fraction of sp³-hybridized carbons (Fsp3) is 0.500. The van der Waals surface area contributed by atoms with Gasteiger partial charge in [-0.15, -0.1) is 0 Å². The number of carbonyl (C=O) groups excluding carboxylic acids is 1. The largest absolute Gasteiger partial charge is 0.371 e. The van der Waals surface area contributed by atoms with Crippen LogP contribution in [-0.2, 0) is 16.0 Å². The summed E-state index contributed by atoms with van der Waals surface area (Å²) in [6.07, 6.45) is 0.444. The third-order valence-electron chi connectivity index (χ3n) is 3.19. The summed E-state index contributed by atoms with van der Waals surface area (Å²) in [7, 11) is 0. The Morgan fingerprint density at radius 3 is 2.80 bits per heavy atom. The summed E-state index contributed by atoms with van der Waals surface area (Å²) < 4.78 is 5.72. The number of morpholine rings is 1. The predicted octanol–water partition coefficient (Wildman–Crippen LogP) is 3.55. The number of benzene rings is 1. The van der Waals surface area contributed by atoms with Crippen LogP contribution in [0.5, 0.6) is 0 Å². The Morgan fingerprint density at radius 2 is 2.15 bits per heavy atom. The van der Waals surface area contributed by atoms with Crippen LogP contribution in [0.4, 0.5) is 0 Å². The maximum Gasteiger partial charge on any atom is 0.227 e. The van der Waals surface area contributed by atoms with E-state index >= 15 is 0 Å². The Hall–Kier alpha value is -0.290. The molecule has 1 saturated heterocycles. The highest BCUT2D eigenvalue weighted by atomic mass is 79.9. The molecular weight excluding hydrogens is 365 g/mol. The number of hydrogen-bond acceptors (Lipinski definition) is 2. The van der Waals surface area contributed by atoms with E-state index in [1.54, 1.807) is 12.1 Å². The fourth-order valence-corrected chi connectivity index (χ4v) is 2.95. The van der Waals surface area contributed by atoms with E-state index in [2.05, 4.69) is 15.9 Å². The van der Waals surface area contributed by atoms with Gasteiger partial charge in [0.2, 0.25) is 5.91 Å². The average Bonchev–Trinajstić information content (AvgIpc) is 2.42. The van der Waals surface area contributed by atoms with Crippen molar-refractivity contribution in [2.75, 3.05) is 18.4 Å². The Bertz CT molecular complexity index is 498. The molecule has 0 radical (unpaired) electrons. The second-order valence-electron chi connectivity index (χ2n) is 4.95. The van der Waals surface area contributed by atoms with Crippen LogP contribution in [0.15, 0.2) is 18.2 Å². The van der Waals surface area contributed by atoms with E-state index in [4.69, 9.17) is 27.9 Å². The number of rotatable bonds is 3. The summed E-state index contributed by atoms with van der Waals surface area (Å²) in [6, 6.07) is 5.29. The molecule has 0 N–H and O–H groups in total. The second-order valence-corrected chi connectivity index (χ2v) is 6.41. The Morgan fingerprint density at radius 1 is 1.40 bits per heavy atom. The first kappa shape index (κ1) is 16.1. The molecule has 0 spiro atoms. The monoisotopic (exact) mass is 379 g/mol. The van der Waals surface area contributed by atoms with Crippen molar-refractivity contribution in [1.82, 2.24) is 4.90 Å². The average molecular weight is 381 g/mol. The van der Waals surface area contributed by atoms with Crippen molar-refractivity contribution < 1.29 is 9.53 Å². The van der Waals surface area contributed by atoms with Crippen LogP contribution in [0.3, 0.4) is 0 Å². The van der Waals surface area contributed by atoms with Crippen LogP contribution < -0.4 is 0 Å². The normalized spacial score (nSPS) is 22.9. The van der Waals surface area contributed by atoms with E-state index in [1.165, 1.54) is 0 Å². The van der Waals surface area contributed by atoms with Gasteiger partial charge in [-0.25, -0.2) is 0 Å². The summed E-state index contributed by atoms with van der Waals surface area (Å²) in [6.45, 7) is 3.23. The maximum absolute atomic E-state index is 12.3. The smallest absolute Gasteiger partial charge is 0.227 e. The molecule has 1 amide bonds. The minimum Gasteiger partial charge on any atom is -0.371 e. The molecule has 3 nitrogen and oxygen atoms in total.